The fraction of sp³-hybridized carbons (Fsp3) is 0. The van der Waals surface area contributed by atoms with Crippen LogP contribution in [-0.2, 0) is 0 Å². The van der Waals surface area contributed by atoms with Gasteiger partial charge < -0.3 is 4.42 Å². The highest BCUT2D eigenvalue weighted by Gasteiger charge is 2.20. The van der Waals surface area contributed by atoms with Crippen molar-refractivity contribution in [1.82, 2.24) is 29.5 Å². The summed E-state index contributed by atoms with van der Waals surface area (Å²) in [4.78, 5) is 25.0. The molecule has 0 unspecified atom stereocenters. The van der Waals surface area contributed by atoms with Crippen LogP contribution in [0, 0.1) is 0 Å². The number of benzene rings is 6. The van der Waals surface area contributed by atoms with Gasteiger partial charge in [-0.25, -0.2) is 19.9 Å². The second-order valence-corrected chi connectivity index (χ2v) is 12.2. The highest BCUT2D eigenvalue weighted by atomic mass is 16.3. The largest absolute Gasteiger partial charge is 0.437 e. The lowest BCUT2D eigenvalue weighted by Crippen LogP contribution is -2.01. The van der Waals surface area contributed by atoms with Crippen LogP contribution >= 0.6 is 0 Å². The first kappa shape index (κ1) is 28.1. The van der Waals surface area contributed by atoms with Crippen molar-refractivity contribution >= 4 is 43.9 Å². The molecular weight excluding hydrogens is 617 g/mol. The predicted octanol–water partition coefficient (Wildman–Crippen LogP) is 10.3. The maximum atomic E-state index is 6.44. The Morgan fingerprint density at radius 1 is 0.440 bits per heavy atom. The average molecular weight is 643 g/mol. The molecule has 0 bridgehead atoms. The Kier molecular flexibility index (Phi) is 6.35. The van der Waals surface area contributed by atoms with Gasteiger partial charge in [0.25, 0.3) is 0 Å². The molecule has 0 spiro atoms. The molecule has 0 atom stereocenters. The number of rotatable bonds is 5. The summed E-state index contributed by atoms with van der Waals surface area (Å²) in [6, 6.07) is 51.2. The zero-order valence-electron chi connectivity index (χ0n) is 26.6. The van der Waals surface area contributed by atoms with Gasteiger partial charge in [0.15, 0.2) is 17.5 Å². The zero-order valence-corrected chi connectivity index (χ0v) is 26.6. The molecule has 0 saturated heterocycles. The number of nitrogens with zero attached hydrogens (tertiary/aromatic N) is 6. The lowest BCUT2D eigenvalue weighted by molar-refractivity contribution is 0.651. The van der Waals surface area contributed by atoms with Crippen molar-refractivity contribution in [2.45, 2.75) is 0 Å². The third-order valence-corrected chi connectivity index (χ3v) is 9.16. The molecule has 10 aromatic rings. The lowest BCUT2D eigenvalue weighted by atomic mass is 10.0. The number of hydrogen-bond donors (Lipinski definition) is 0. The van der Waals surface area contributed by atoms with Gasteiger partial charge in [-0.05, 0) is 35.4 Å². The Morgan fingerprint density at radius 2 is 1.02 bits per heavy atom. The molecule has 0 radical (unpaired) electrons. The van der Waals surface area contributed by atoms with Crippen LogP contribution < -0.4 is 0 Å². The summed E-state index contributed by atoms with van der Waals surface area (Å²) in [5.41, 5.74) is 8.07. The third-order valence-electron chi connectivity index (χ3n) is 9.16. The van der Waals surface area contributed by atoms with E-state index in [1.807, 2.05) is 97.2 Å². The molecule has 7 heteroatoms. The maximum Gasteiger partial charge on any atom is 0.237 e. The summed E-state index contributed by atoms with van der Waals surface area (Å²) >= 11 is 0. The van der Waals surface area contributed by atoms with E-state index in [9.17, 15) is 0 Å². The average Bonchev–Trinajstić information content (AvgIpc) is 3.74. The summed E-state index contributed by atoms with van der Waals surface area (Å²) in [6.45, 7) is 0. The van der Waals surface area contributed by atoms with Gasteiger partial charge in [-0.1, -0.05) is 127 Å². The summed E-state index contributed by atoms with van der Waals surface area (Å²) in [7, 11) is 0. The molecule has 0 fully saturated rings. The fourth-order valence-electron chi connectivity index (χ4n) is 6.85. The van der Waals surface area contributed by atoms with Crippen LogP contribution in [0.4, 0.5) is 0 Å². The summed E-state index contributed by atoms with van der Waals surface area (Å²) in [5, 5.41) is 3.93. The first-order valence-electron chi connectivity index (χ1n) is 16.4. The second kappa shape index (κ2) is 11.3. The quantitative estimate of drug-likeness (QED) is 0.186. The molecule has 50 heavy (non-hydrogen) atoms. The Morgan fingerprint density at radius 3 is 1.76 bits per heavy atom. The molecule has 4 aromatic heterocycles. The van der Waals surface area contributed by atoms with E-state index in [1.54, 1.807) is 0 Å². The lowest BCUT2D eigenvalue weighted by Gasteiger charge is -2.10. The fourth-order valence-corrected chi connectivity index (χ4v) is 6.85. The zero-order chi connectivity index (χ0) is 33.0. The molecule has 4 heterocycles. The first-order valence-corrected chi connectivity index (χ1v) is 16.4. The van der Waals surface area contributed by atoms with E-state index in [1.165, 1.54) is 0 Å². The Hall–Kier alpha value is -6.99. The number of furan rings is 1. The minimum absolute atomic E-state index is 0.493. The van der Waals surface area contributed by atoms with Gasteiger partial charge in [0, 0.05) is 39.0 Å². The molecule has 10 rings (SSSR count). The molecule has 0 aliphatic carbocycles. The molecule has 0 amide bonds. The summed E-state index contributed by atoms with van der Waals surface area (Å²) in [5.74, 6) is 2.26. The van der Waals surface area contributed by atoms with E-state index in [4.69, 9.17) is 29.3 Å². The van der Waals surface area contributed by atoms with Gasteiger partial charge in [-0.3, -0.25) is 4.57 Å². The first-order chi connectivity index (χ1) is 24.8. The van der Waals surface area contributed by atoms with Gasteiger partial charge in [0.2, 0.25) is 11.7 Å². The van der Waals surface area contributed by atoms with Crippen molar-refractivity contribution in [2.24, 2.45) is 0 Å². The normalized spacial score (nSPS) is 11.6. The minimum Gasteiger partial charge on any atom is -0.437 e. The van der Waals surface area contributed by atoms with Crippen LogP contribution in [-0.4, -0.2) is 29.5 Å². The highest BCUT2D eigenvalue weighted by molar-refractivity contribution is 6.11. The van der Waals surface area contributed by atoms with Gasteiger partial charge in [-0.15, -0.1) is 0 Å². The van der Waals surface area contributed by atoms with Crippen molar-refractivity contribution in [3.8, 4) is 51.2 Å². The van der Waals surface area contributed by atoms with E-state index >= 15 is 0 Å². The molecule has 6 aromatic carbocycles. The minimum atomic E-state index is 0.493. The number of aromatic nitrogens is 6. The van der Waals surface area contributed by atoms with Gasteiger partial charge in [0.1, 0.15) is 5.58 Å². The van der Waals surface area contributed by atoms with Crippen molar-refractivity contribution in [2.75, 3.05) is 0 Å². The monoisotopic (exact) mass is 642 g/mol. The van der Waals surface area contributed by atoms with Crippen LogP contribution in [0.15, 0.2) is 162 Å². The summed E-state index contributed by atoms with van der Waals surface area (Å²) < 4.78 is 8.53. The van der Waals surface area contributed by atoms with Crippen LogP contribution in [0.25, 0.3) is 95.1 Å². The molecular formula is C43H26N6O. The Balaban J connectivity index is 1.16. The number of hydrogen-bond acceptors (Lipinski definition) is 6. The van der Waals surface area contributed by atoms with Gasteiger partial charge >= 0.3 is 0 Å². The van der Waals surface area contributed by atoms with Crippen molar-refractivity contribution < 1.29 is 4.42 Å². The van der Waals surface area contributed by atoms with E-state index in [2.05, 4.69) is 65.2 Å². The van der Waals surface area contributed by atoms with Gasteiger partial charge in [-0.2, -0.15) is 4.98 Å². The van der Waals surface area contributed by atoms with E-state index in [0.717, 1.165) is 60.4 Å². The predicted molar refractivity (Wildman–Crippen MR) is 199 cm³/mol. The summed E-state index contributed by atoms with van der Waals surface area (Å²) in [6.07, 6.45) is 1.85. The highest BCUT2D eigenvalue weighted by Crippen LogP contribution is 2.37. The Labute approximate surface area is 286 Å². The van der Waals surface area contributed by atoms with Crippen molar-refractivity contribution in [3.05, 3.63) is 158 Å². The number of para-hydroxylation sites is 2. The smallest absolute Gasteiger partial charge is 0.237 e. The van der Waals surface area contributed by atoms with Crippen molar-refractivity contribution in [3.63, 3.8) is 0 Å². The van der Waals surface area contributed by atoms with Crippen LogP contribution in [0.1, 0.15) is 0 Å². The van der Waals surface area contributed by atoms with E-state index < -0.39 is 0 Å². The topological polar surface area (TPSA) is 82.5 Å². The molecule has 7 nitrogen and oxygen atoms in total. The standard InChI is InChI=1S/C43H26N6O/c1-3-13-27(14-4-1)29-17-11-18-30(25-29)40-45-39(28-15-5-2-6-16-28)46-41(47-40)33-21-12-24-37-38(33)34-26-44-43(48-42(34)50-37)49-35-22-9-7-19-31(35)32-20-8-10-23-36(32)49/h1-26H. The Bertz CT molecular complexity index is 2820. The van der Waals surface area contributed by atoms with E-state index in [0.29, 0.717) is 34.7 Å². The van der Waals surface area contributed by atoms with Crippen LogP contribution in [0.5, 0.6) is 0 Å². The van der Waals surface area contributed by atoms with E-state index in [-0.39, 0.29) is 0 Å². The van der Waals surface area contributed by atoms with Crippen LogP contribution in [0.3, 0.4) is 0 Å². The molecule has 0 saturated carbocycles. The number of fused-ring (bicyclic) bond motifs is 6. The SMILES string of the molecule is c1ccc(-c2cccc(-c3nc(-c4ccccc4)nc(-c4cccc5oc6nc(-n7c8ccccc8c8ccccc87)ncc6c45)n3)c2)cc1. The van der Waals surface area contributed by atoms with Crippen molar-refractivity contribution in [1.29, 1.82) is 0 Å². The van der Waals surface area contributed by atoms with Crippen LogP contribution in [0.2, 0.25) is 0 Å². The molecule has 0 N–H and O–H groups in total. The third kappa shape index (κ3) is 4.56. The maximum absolute atomic E-state index is 6.44. The van der Waals surface area contributed by atoms with Gasteiger partial charge in [0.05, 0.1) is 16.4 Å². The molecule has 234 valence electrons. The second-order valence-electron chi connectivity index (χ2n) is 12.2. The molecule has 0 aliphatic heterocycles. The molecule has 0 aliphatic rings.